The van der Waals surface area contributed by atoms with Gasteiger partial charge in [0.05, 0.1) is 6.42 Å². The second-order valence-electron chi connectivity index (χ2n) is 4.27. The lowest BCUT2D eigenvalue weighted by atomic mass is 10.1. The molecule has 18 heavy (non-hydrogen) atoms. The van der Waals surface area contributed by atoms with Gasteiger partial charge in [0.15, 0.2) is 0 Å². The number of carbonyl (C=O) groups is 1. The highest BCUT2D eigenvalue weighted by Crippen LogP contribution is 2.26. The fourth-order valence-corrected chi connectivity index (χ4v) is 2.21. The van der Waals surface area contributed by atoms with Gasteiger partial charge in [-0.3, -0.25) is 4.79 Å². The van der Waals surface area contributed by atoms with Gasteiger partial charge in [-0.15, -0.1) is 0 Å². The molecule has 0 aliphatic heterocycles. The SMILES string of the molecule is O=C(O)Cc1ccc2c(c1)[nH]c1ccc(F)cc12. The lowest BCUT2D eigenvalue weighted by molar-refractivity contribution is -0.136. The zero-order valence-corrected chi connectivity index (χ0v) is 9.40. The van der Waals surface area contributed by atoms with Crippen LogP contribution < -0.4 is 0 Å². The predicted molar refractivity (Wildman–Crippen MR) is 67.1 cm³/mol. The number of nitrogens with one attached hydrogen (secondary N) is 1. The zero-order chi connectivity index (χ0) is 12.7. The third-order valence-corrected chi connectivity index (χ3v) is 2.98. The first kappa shape index (κ1) is 10.8. The quantitative estimate of drug-likeness (QED) is 0.726. The number of H-pyrrole nitrogens is 1. The molecule has 0 bridgehead atoms. The predicted octanol–water partition coefficient (Wildman–Crippen LogP) is 3.09. The average molecular weight is 243 g/mol. The molecule has 90 valence electrons. The van der Waals surface area contributed by atoms with Crippen LogP contribution in [0.15, 0.2) is 36.4 Å². The Morgan fingerprint density at radius 3 is 2.72 bits per heavy atom. The van der Waals surface area contributed by atoms with Crippen molar-refractivity contribution in [2.24, 2.45) is 0 Å². The van der Waals surface area contributed by atoms with E-state index in [4.69, 9.17) is 5.11 Å². The highest BCUT2D eigenvalue weighted by atomic mass is 19.1. The van der Waals surface area contributed by atoms with Crippen molar-refractivity contribution in [2.45, 2.75) is 6.42 Å². The Morgan fingerprint density at radius 1 is 1.11 bits per heavy atom. The smallest absolute Gasteiger partial charge is 0.307 e. The van der Waals surface area contributed by atoms with Gasteiger partial charge < -0.3 is 10.1 Å². The number of aromatic nitrogens is 1. The maximum absolute atomic E-state index is 13.2. The summed E-state index contributed by atoms with van der Waals surface area (Å²) in [6.45, 7) is 0. The number of halogens is 1. The molecule has 0 radical (unpaired) electrons. The molecule has 0 aliphatic carbocycles. The van der Waals surface area contributed by atoms with E-state index in [-0.39, 0.29) is 12.2 Å². The van der Waals surface area contributed by atoms with Crippen LogP contribution in [0.1, 0.15) is 5.56 Å². The Morgan fingerprint density at radius 2 is 1.94 bits per heavy atom. The van der Waals surface area contributed by atoms with E-state index >= 15 is 0 Å². The molecule has 0 spiro atoms. The van der Waals surface area contributed by atoms with Gasteiger partial charge >= 0.3 is 5.97 Å². The molecule has 4 heteroatoms. The van der Waals surface area contributed by atoms with Gasteiger partial charge in [0.2, 0.25) is 0 Å². The normalized spacial score (nSPS) is 11.2. The Balaban J connectivity index is 2.23. The molecule has 2 N–H and O–H groups in total. The molecule has 0 saturated heterocycles. The number of hydrogen-bond donors (Lipinski definition) is 2. The highest BCUT2D eigenvalue weighted by Gasteiger charge is 2.07. The standard InChI is InChI=1S/C14H10FNO2/c15-9-2-4-12-11(7-9)10-3-1-8(6-14(17)18)5-13(10)16-12/h1-5,7,16H,6H2,(H,17,18). The van der Waals surface area contributed by atoms with Crippen molar-refractivity contribution in [3.63, 3.8) is 0 Å². The summed E-state index contributed by atoms with van der Waals surface area (Å²) in [6.07, 6.45) is -0.0142. The molecule has 2 aromatic carbocycles. The lowest BCUT2D eigenvalue weighted by Gasteiger charge is -1.97. The molecule has 3 nitrogen and oxygen atoms in total. The second kappa shape index (κ2) is 3.84. The minimum atomic E-state index is -0.864. The van der Waals surface area contributed by atoms with Crippen LogP contribution in [0.2, 0.25) is 0 Å². The van der Waals surface area contributed by atoms with Crippen LogP contribution in [-0.4, -0.2) is 16.1 Å². The number of rotatable bonds is 2. The average Bonchev–Trinajstić information content (AvgIpc) is 2.65. The van der Waals surface area contributed by atoms with E-state index in [0.29, 0.717) is 0 Å². The van der Waals surface area contributed by atoms with E-state index in [2.05, 4.69) is 4.98 Å². The van der Waals surface area contributed by atoms with Crippen molar-refractivity contribution in [1.82, 2.24) is 4.98 Å². The fourth-order valence-electron chi connectivity index (χ4n) is 2.21. The molecule has 3 aromatic rings. The van der Waals surface area contributed by atoms with E-state index in [1.54, 1.807) is 18.2 Å². The maximum Gasteiger partial charge on any atom is 0.307 e. The Hall–Kier alpha value is -2.36. The van der Waals surface area contributed by atoms with Gasteiger partial charge in [-0.05, 0) is 29.8 Å². The van der Waals surface area contributed by atoms with E-state index in [0.717, 1.165) is 27.4 Å². The zero-order valence-electron chi connectivity index (χ0n) is 9.40. The Kier molecular flexibility index (Phi) is 2.30. The number of carboxylic acids is 1. The lowest BCUT2D eigenvalue weighted by Crippen LogP contribution is -1.99. The van der Waals surface area contributed by atoms with Crippen LogP contribution in [0.5, 0.6) is 0 Å². The van der Waals surface area contributed by atoms with Crippen LogP contribution in [0, 0.1) is 5.82 Å². The van der Waals surface area contributed by atoms with Crippen molar-refractivity contribution in [3.8, 4) is 0 Å². The van der Waals surface area contributed by atoms with Crippen LogP contribution in [0.4, 0.5) is 4.39 Å². The Labute approximate surface area is 102 Å². The number of fused-ring (bicyclic) bond motifs is 3. The van der Waals surface area contributed by atoms with Crippen molar-refractivity contribution < 1.29 is 14.3 Å². The summed E-state index contributed by atoms with van der Waals surface area (Å²) >= 11 is 0. The van der Waals surface area contributed by atoms with Gasteiger partial charge in [-0.2, -0.15) is 0 Å². The first-order chi connectivity index (χ1) is 8.63. The van der Waals surface area contributed by atoms with Crippen molar-refractivity contribution >= 4 is 27.8 Å². The van der Waals surface area contributed by atoms with Gasteiger partial charge in [-0.1, -0.05) is 12.1 Å². The molecule has 1 heterocycles. The largest absolute Gasteiger partial charge is 0.481 e. The minimum absolute atomic E-state index is 0.0142. The molecule has 3 rings (SSSR count). The second-order valence-corrected chi connectivity index (χ2v) is 4.27. The van der Waals surface area contributed by atoms with Gasteiger partial charge in [0.1, 0.15) is 5.82 Å². The van der Waals surface area contributed by atoms with E-state index < -0.39 is 5.97 Å². The van der Waals surface area contributed by atoms with Crippen molar-refractivity contribution in [3.05, 3.63) is 47.8 Å². The minimum Gasteiger partial charge on any atom is -0.481 e. The molecule has 0 saturated carbocycles. The Bertz CT molecular complexity index is 761. The highest BCUT2D eigenvalue weighted by molar-refractivity contribution is 6.07. The molecule has 1 aromatic heterocycles. The third kappa shape index (κ3) is 1.72. The number of aliphatic carboxylic acids is 1. The number of aromatic amines is 1. The summed E-state index contributed by atoms with van der Waals surface area (Å²) < 4.78 is 13.2. The molecule has 0 fully saturated rings. The third-order valence-electron chi connectivity index (χ3n) is 2.98. The first-order valence-corrected chi connectivity index (χ1v) is 5.55. The molecular formula is C14H10FNO2. The molecule has 0 aliphatic rings. The number of hydrogen-bond acceptors (Lipinski definition) is 1. The summed E-state index contributed by atoms with van der Waals surface area (Å²) in [5, 5.41) is 10.5. The van der Waals surface area contributed by atoms with Gasteiger partial charge in [0.25, 0.3) is 0 Å². The van der Waals surface area contributed by atoms with E-state index in [9.17, 15) is 9.18 Å². The van der Waals surface area contributed by atoms with Gasteiger partial charge in [0, 0.05) is 21.8 Å². The molecular weight excluding hydrogens is 233 g/mol. The summed E-state index contributed by atoms with van der Waals surface area (Å²) in [4.78, 5) is 13.8. The van der Waals surface area contributed by atoms with Crippen LogP contribution in [0.3, 0.4) is 0 Å². The van der Waals surface area contributed by atoms with Crippen LogP contribution in [0.25, 0.3) is 21.8 Å². The molecule has 0 amide bonds. The number of carboxylic acid groups (broad SMARTS) is 1. The molecule has 0 unspecified atom stereocenters. The van der Waals surface area contributed by atoms with Gasteiger partial charge in [-0.25, -0.2) is 4.39 Å². The van der Waals surface area contributed by atoms with Crippen molar-refractivity contribution in [1.29, 1.82) is 0 Å². The van der Waals surface area contributed by atoms with E-state index in [1.807, 2.05) is 6.07 Å². The summed E-state index contributed by atoms with van der Waals surface area (Å²) in [6, 6.07) is 9.93. The molecule has 0 atom stereocenters. The van der Waals surface area contributed by atoms with Crippen molar-refractivity contribution in [2.75, 3.05) is 0 Å². The summed E-state index contributed by atoms with van der Waals surface area (Å²) in [5.74, 6) is -1.14. The summed E-state index contributed by atoms with van der Waals surface area (Å²) in [7, 11) is 0. The fraction of sp³-hybridized carbons (Fsp3) is 0.0714. The summed E-state index contributed by atoms with van der Waals surface area (Å²) in [5.41, 5.74) is 2.40. The first-order valence-electron chi connectivity index (χ1n) is 5.55. The monoisotopic (exact) mass is 243 g/mol. The van der Waals surface area contributed by atoms with Crippen LogP contribution >= 0.6 is 0 Å². The van der Waals surface area contributed by atoms with Crippen LogP contribution in [-0.2, 0) is 11.2 Å². The number of benzene rings is 2. The van der Waals surface area contributed by atoms with E-state index in [1.165, 1.54) is 12.1 Å². The maximum atomic E-state index is 13.2. The topological polar surface area (TPSA) is 53.1 Å².